The van der Waals surface area contributed by atoms with Gasteiger partial charge in [-0.1, -0.05) is 0 Å². The molecule has 6 aromatic heterocycles. The van der Waals surface area contributed by atoms with E-state index in [1.807, 2.05) is 24.5 Å². The van der Waals surface area contributed by atoms with Crippen LogP contribution in [0.5, 0.6) is 5.75 Å². The van der Waals surface area contributed by atoms with E-state index in [1.54, 1.807) is 23.7 Å². The molecule has 1 saturated heterocycles. The van der Waals surface area contributed by atoms with Gasteiger partial charge in [0.2, 0.25) is 0 Å². The second-order valence-electron chi connectivity index (χ2n) is 8.82. The molecule has 0 atom stereocenters. The first-order valence-electron chi connectivity index (χ1n) is 11.9. The van der Waals surface area contributed by atoms with Crippen molar-refractivity contribution in [3.8, 4) is 39.5 Å². The maximum Gasteiger partial charge on any atom is 0.181 e. The van der Waals surface area contributed by atoms with Crippen molar-refractivity contribution in [1.29, 1.82) is 0 Å². The summed E-state index contributed by atoms with van der Waals surface area (Å²) in [5, 5.41) is 15.9. The number of hydrogen-bond donors (Lipinski definition) is 3. The van der Waals surface area contributed by atoms with Gasteiger partial charge in [0.05, 0.1) is 17.1 Å². The molecule has 0 amide bonds. The number of nitrogens with zero attached hydrogens (tertiary/aromatic N) is 5. The molecule has 0 bridgehead atoms. The Kier molecular flexibility index (Phi) is 5.18. The Morgan fingerprint density at radius 3 is 2.75 bits per heavy atom. The van der Waals surface area contributed by atoms with E-state index in [4.69, 9.17) is 9.72 Å². The van der Waals surface area contributed by atoms with Crippen molar-refractivity contribution in [3.05, 3.63) is 59.8 Å². The topological polar surface area (TPSA) is 117 Å². The fourth-order valence-corrected chi connectivity index (χ4v) is 5.33. The molecule has 1 aliphatic rings. The monoisotopic (exact) mass is 494 g/mol. The number of piperidine rings is 1. The molecular formula is C26H22N8OS. The molecule has 0 aliphatic carbocycles. The van der Waals surface area contributed by atoms with Gasteiger partial charge in [0, 0.05) is 35.3 Å². The van der Waals surface area contributed by atoms with E-state index in [-0.39, 0.29) is 6.10 Å². The van der Waals surface area contributed by atoms with Gasteiger partial charge in [-0.15, -0.1) is 0 Å². The van der Waals surface area contributed by atoms with E-state index in [2.05, 4.69) is 58.3 Å². The molecule has 7 rings (SSSR count). The number of hydrogen-bond acceptors (Lipinski definition) is 8. The van der Waals surface area contributed by atoms with Gasteiger partial charge in [-0.3, -0.25) is 10.1 Å². The number of nitrogens with one attached hydrogen (secondary N) is 3. The van der Waals surface area contributed by atoms with E-state index in [9.17, 15) is 0 Å². The van der Waals surface area contributed by atoms with Crippen molar-refractivity contribution in [1.82, 2.24) is 40.4 Å². The summed E-state index contributed by atoms with van der Waals surface area (Å²) in [6.07, 6.45) is 9.41. The highest BCUT2D eigenvalue weighted by Crippen LogP contribution is 2.33. The normalized spacial score (nSPS) is 14.6. The number of pyridine rings is 3. The lowest BCUT2D eigenvalue weighted by molar-refractivity contribution is 0.162. The number of rotatable bonds is 5. The first kappa shape index (κ1) is 21.2. The first-order valence-corrected chi connectivity index (χ1v) is 12.8. The zero-order chi connectivity index (χ0) is 23.9. The smallest absolute Gasteiger partial charge is 0.181 e. The van der Waals surface area contributed by atoms with E-state index < -0.39 is 0 Å². The molecule has 9 nitrogen and oxygen atoms in total. The molecule has 0 spiro atoms. The fourth-order valence-electron chi connectivity index (χ4n) is 4.67. The van der Waals surface area contributed by atoms with Crippen molar-refractivity contribution in [2.75, 3.05) is 13.1 Å². The molecule has 36 heavy (non-hydrogen) atoms. The van der Waals surface area contributed by atoms with Crippen LogP contribution in [0.1, 0.15) is 12.8 Å². The van der Waals surface area contributed by atoms with E-state index in [1.165, 1.54) is 0 Å². The first-order chi connectivity index (χ1) is 17.8. The zero-order valence-corrected chi connectivity index (χ0v) is 20.0. The lowest BCUT2D eigenvalue weighted by Gasteiger charge is -2.23. The number of ether oxygens (including phenoxy) is 1. The maximum absolute atomic E-state index is 6.20. The van der Waals surface area contributed by atoms with Gasteiger partial charge in [0.25, 0.3) is 0 Å². The third-order valence-electron chi connectivity index (χ3n) is 6.51. The van der Waals surface area contributed by atoms with Crippen LogP contribution in [0.4, 0.5) is 0 Å². The summed E-state index contributed by atoms with van der Waals surface area (Å²) in [6.45, 7) is 1.96. The Hall–Kier alpha value is -4.15. The van der Waals surface area contributed by atoms with Crippen LogP contribution >= 0.6 is 11.3 Å². The summed E-state index contributed by atoms with van der Waals surface area (Å²) in [4.78, 5) is 21.7. The standard InChI is InChI=1S/C26H22N8OS/c1-5-27-6-2-18(1)35-19-9-16(11-28-13-19)17-10-21-23(33-34-24(21)30-12-17)26-31-22-20(15-4-8-36-14-15)3-7-29-25(22)32-26/h3-4,7-14,18,27H,1-2,5-6H2,(H,29,31,32)(H,30,33,34). The summed E-state index contributed by atoms with van der Waals surface area (Å²) in [5.74, 6) is 1.44. The molecule has 0 unspecified atom stereocenters. The van der Waals surface area contributed by atoms with Gasteiger partial charge in [-0.25, -0.2) is 15.0 Å². The Labute approximate surface area is 210 Å². The van der Waals surface area contributed by atoms with Crippen LogP contribution in [0.25, 0.3) is 56.0 Å². The number of fused-ring (bicyclic) bond motifs is 2. The van der Waals surface area contributed by atoms with Crippen LogP contribution < -0.4 is 10.1 Å². The quantitative estimate of drug-likeness (QED) is 0.315. The van der Waals surface area contributed by atoms with Gasteiger partial charge >= 0.3 is 0 Å². The van der Waals surface area contributed by atoms with Crippen LogP contribution in [0.2, 0.25) is 0 Å². The molecule has 1 aliphatic heterocycles. The van der Waals surface area contributed by atoms with E-state index in [0.717, 1.165) is 70.5 Å². The van der Waals surface area contributed by atoms with E-state index in [0.29, 0.717) is 17.1 Å². The Morgan fingerprint density at radius 1 is 0.944 bits per heavy atom. The molecule has 0 aromatic carbocycles. The van der Waals surface area contributed by atoms with Crippen molar-refractivity contribution in [2.24, 2.45) is 0 Å². The SMILES string of the molecule is c1cc(-c2ccsc2)c2[nH]c(-c3[nH]nc4ncc(-c5cncc(OC6CCNCC6)c5)cc34)nc2n1. The molecule has 0 saturated carbocycles. The molecule has 10 heteroatoms. The second kappa shape index (κ2) is 8.81. The summed E-state index contributed by atoms with van der Waals surface area (Å²) >= 11 is 1.66. The minimum atomic E-state index is 0.213. The number of H-pyrrole nitrogens is 2. The highest BCUT2D eigenvalue weighted by atomic mass is 32.1. The summed E-state index contributed by atoms with van der Waals surface area (Å²) in [6, 6.07) is 8.19. The summed E-state index contributed by atoms with van der Waals surface area (Å²) in [7, 11) is 0. The molecule has 178 valence electrons. The van der Waals surface area contributed by atoms with Crippen LogP contribution in [0.3, 0.4) is 0 Å². The van der Waals surface area contributed by atoms with Gasteiger partial charge in [-0.05, 0) is 66.5 Å². The summed E-state index contributed by atoms with van der Waals surface area (Å²) < 4.78 is 6.20. The van der Waals surface area contributed by atoms with Gasteiger partial charge in [-0.2, -0.15) is 16.4 Å². The number of aromatic amines is 2. The van der Waals surface area contributed by atoms with E-state index >= 15 is 0 Å². The molecule has 7 heterocycles. The summed E-state index contributed by atoms with van der Waals surface area (Å²) in [5.41, 5.74) is 7.02. The Morgan fingerprint density at radius 2 is 1.86 bits per heavy atom. The minimum absolute atomic E-state index is 0.213. The lowest BCUT2D eigenvalue weighted by Crippen LogP contribution is -2.34. The van der Waals surface area contributed by atoms with Gasteiger partial charge in [0.1, 0.15) is 17.5 Å². The minimum Gasteiger partial charge on any atom is -0.489 e. The molecule has 0 radical (unpaired) electrons. The highest BCUT2D eigenvalue weighted by molar-refractivity contribution is 7.08. The van der Waals surface area contributed by atoms with Crippen molar-refractivity contribution in [2.45, 2.75) is 18.9 Å². The fraction of sp³-hybridized carbons (Fsp3) is 0.192. The van der Waals surface area contributed by atoms with Crippen molar-refractivity contribution >= 4 is 33.5 Å². The predicted octanol–water partition coefficient (Wildman–Crippen LogP) is 4.82. The second-order valence-corrected chi connectivity index (χ2v) is 9.60. The van der Waals surface area contributed by atoms with Crippen LogP contribution in [0.15, 0.2) is 59.8 Å². The highest BCUT2D eigenvalue weighted by Gasteiger charge is 2.18. The molecule has 1 fully saturated rings. The van der Waals surface area contributed by atoms with Gasteiger partial charge < -0.3 is 15.0 Å². The predicted molar refractivity (Wildman–Crippen MR) is 140 cm³/mol. The number of aromatic nitrogens is 7. The lowest BCUT2D eigenvalue weighted by atomic mass is 10.1. The van der Waals surface area contributed by atoms with Crippen LogP contribution in [-0.4, -0.2) is 54.3 Å². The third-order valence-corrected chi connectivity index (χ3v) is 7.19. The zero-order valence-electron chi connectivity index (χ0n) is 19.2. The average Bonchev–Trinajstić information content (AvgIpc) is 3.68. The van der Waals surface area contributed by atoms with Gasteiger partial charge in [0.15, 0.2) is 17.1 Å². The van der Waals surface area contributed by atoms with Crippen LogP contribution in [0, 0.1) is 0 Å². The molecule has 6 aromatic rings. The number of imidazole rings is 1. The Bertz CT molecular complexity index is 1670. The maximum atomic E-state index is 6.20. The average molecular weight is 495 g/mol. The third kappa shape index (κ3) is 3.80. The molecule has 3 N–H and O–H groups in total. The largest absolute Gasteiger partial charge is 0.489 e. The van der Waals surface area contributed by atoms with Crippen LogP contribution in [-0.2, 0) is 0 Å². The van der Waals surface area contributed by atoms with Crippen molar-refractivity contribution in [3.63, 3.8) is 0 Å². The number of thiophene rings is 1. The molecular weight excluding hydrogens is 472 g/mol. The Balaban J connectivity index is 1.26. The van der Waals surface area contributed by atoms with Crippen molar-refractivity contribution < 1.29 is 4.74 Å².